The van der Waals surface area contributed by atoms with Crippen LogP contribution in [-0.2, 0) is 6.54 Å². The van der Waals surface area contributed by atoms with Gasteiger partial charge >= 0.3 is 0 Å². The van der Waals surface area contributed by atoms with Gasteiger partial charge in [-0.1, -0.05) is 48.5 Å². The molecule has 31 heavy (non-hydrogen) atoms. The van der Waals surface area contributed by atoms with E-state index < -0.39 is 5.82 Å². The molecule has 1 amide bonds. The minimum absolute atomic E-state index is 0.154. The summed E-state index contributed by atoms with van der Waals surface area (Å²) in [6.45, 7) is 0.340. The van der Waals surface area contributed by atoms with Crippen LogP contribution in [0.25, 0.3) is 27.9 Å². The number of hydrogen-bond donors (Lipinski definition) is 2. The van der Waals surface area contributed by atoms with E-state index in [9.17, 15) is 9.18 Å². The summed E-state index contributed by atoms with van der Waals surface area (Å²) in [6, 6.07) is 22.9. The van der Waals surface area contributed by atoms with Crippen LogP contribution in [0.1, 0.15) is 15.9 Å². The van der Waals surface area contributed by atoms with Gasteiger partial charge in [-0.15, -0.1) is 0 Å². The number of nitrogens with two attached hydrogens (primary N) is 1. The van der Waals surface area contributed by atoms with Crippen LogP contribution in [0.4, 0.5) is 10.2 Å². The van der Waals surface area contributed by atoms with Gasteiger partial charge in [0, 0.05) is 6.54 Å². The van der Waals surface area contributed by atoms with Crippen LogP contribution in [-0.4, -0.2) is 20.4 Å². The second-order valence-corrected chi connectivity index (χ2v) is 7.13. The maximum absolute atomic E-state index is 13.9. The zero-order valence-electron chi connectivity index (χ0n) is 16.4. The summed E-state index contributed by atoms with van der Waals surface area (Å²) in [7, 11) is 0. The Morgan fingerprint density at radius 3 is 2.39 bits per heavy atom. The molecule has 0 bridgehead atoms. The van der Waals surface area contributed by atoms with Gasteiger partial charge in [-0.3, -0.25) is 9.36 Å². The van der Waals surface area contributed by atoms with Crippen molar-refractivity contribution in [3.05, 3.63) is 95.8 Å². The van der Waals surface area contributed by atoms with Crippen LogP contribution < -0.4 is 11.1 Å². The van der Waals surface area contributed by atoms with Gasteiger partial charge < -0.3 is 11.1 Å². The quantitative estimate of drug-likeness (QED) is 0.464. The first-order chi connectivity index (χ1) is 15.1. The number of halogens is 1. The van der Waals surface area contributed by atoms with Crippen molar-refractivity contribution in [1.82, 2.24) is 19.9 Å². The van der Waals surface area contributed by atoms with Crippen molar-refractivity contribution in [2.75, 3.05) is 5.73 Å². The average Bonchev–Trinajstić information content (AvgIpc) is 3.07. The Balaban J connectivity index is 1.69. The van der Waals surface area contributed by atoms with Crippen molar-refractivity contribution in [3.63, 3.8) is 0 Å². The normalized spacial score (nSPS) is 11.1. The molecule has 0 unspecified atom stereocenters. The van der Waals surface area contributed by atoms with E-state index in [4.69, 9.17) is 5.73 Å². The summed E-state index contributed by atoms with van der Waals surface area (Å²) in [6.07, 6.45) is 0. The molecule has 0 saturated carbocycles. The SMILES string of the molecule is Nc1c(C(=O)NCc2ccccc2)c2nc3ccccc3nc2n1-c1cccc(F)c1. The molecule has 0 atom stereocenters. The molecule has 0 aliphatic heterocycles. The van der Waals surface area contributed by atoms with E-state index in [0.29, 0.717) is 34.4 Å². The number of nitrogen functional groups attached to an aromatic ring is 1. The maximum Gasteiger partial charge on any atom is 0.257 e. The Labute approximate surface area is 177 Å². The molecule has 7 heteroatoms. The number of nitrogens with one attached hydrogen (secondary N) is 1. The van der Waals surface area contributed by atoms with Crippen LogP contribution in [0, 0.1) is 5.82 Å². The summed E-state index contributed by atoms with van der Waals surface area (Å²) < 4.78 is 15.5. The zero-order chi connectivity index (χ0) is 21.4. The van der Waals surface area contributed by atoms with Gasteiger partial charge in [0.25, 0.3) is 5.91 Å². The standard InChI is InChI=1S/C24H18FN5O/c25-16-9-6-10-17(13-16)30-22(26)20(24(31)27-14-15-7-2-1-3-8-15)21-23(30)29-19-12-5-4-11-18(19)28-21/h1-13H,14,26H2,(H,27,31). The lowest BCUT2D eigenvalue weighted by molar-refractivity contribution is 0.0953. The van der Waals surface area contributed by atoms with Crippen LogP contribution in [0.15, 0.2) is 78.9 Å². The highest BCUT2D eigenvalue weighted by atomic mass is 19.1. The number of aromatic nitrogens is 3. The largest absolute Gasteiger partial charge is 0.384 e. The number of carbonyl (C=O) groups is 1. The van der Waals surface area contributed by atoms with Gasteiger partial charge in [0.15, 0.2) is 5.65 Å². The average molecular weight is 411 g/mol. The monoisotopic (exact) mass is 411 g/mol. The Bertz CT molecular complexity index is 1430. The van der Waals surface area contributed by atoms with Crippen molar-refractivity contribution < 1.29 is 9.18 Å². The Kier molecular flexibility index (Phi) is 4.55. The molecule has 0 radical (unpaired) electrons. The minimum Gasteiger partial charge on any atom is -0.384 e. The van der Waals surface area contributed by atoms with Crippen LogP contribution in [0.2, 0.25) is 0 Å². The molecule has 3 N–H and O–H groups in total. The maximum atomic E-state index is 13.9. The van der Waals surface area contributed by atoms with Crippen molar-refractivity contribution in [2.24, 2.45) is 0 Å². The second kappa shape index (κ2) is 7.53. The molecule has 2 heterocycles. The van der Waals surface area contributed by atoms with Gasteiger partial charge in [-0.25, -0.2) is 14.4 Å². The zero-order valence-corrected chi connectivity index (χ0v) is 16.4. The lowest BCUT2D eigenvalue weighted by Crippen LogP contribution is -2.24. The third kappa shape index (κ3) is 3.36. The summed E-state index contributed by atoms with van der Waals surface area (Å²) in [5.74, 6) is -0.630. The van der Waals surface area contributed by atoms with Crippen LogP contribution in [0.5, 0.6) is 0 Å². The van der Waals surface area contributed by atoms with Crippen molar-refractivity contribution >= 4 is 33.9 Å². The predicted molar refractivity (Wildman–Crippen MR) is 118 cm³/mol. The fraction of sp³-hybridized carbons (Fsp3) is 0.0417. The minimum atomic E-state index is -0.414. The molecule has 0 aliphatic rings. The number of hydrogen-bond acceptors (Lipinski definition) is 4. The molecule has 0 aliphatic carbocycles. The molecule has 0 fully saturated rings. The van der Waals surface area contributed by atoms with Crippen LogP contribution >= 0.6 is 0 Å². The summed E-state index contributed by atoms with van der Waals surface area (Å²) in [5.41, 5.74) is 10.1. The van der Waals surface area contributed by atoms with Gasteiger partial charge in [-0.2, -0.15) is 0 Å². The lowest BCUT2D eigenvalue weighted by atomic mass is 10.2. The van der Waals surface area contributed by atoms with Crippen molar-refractivity contribution in [3.8, 4) is 5.69 Å². The van der Waals surface area contributed by atoms with E-state index in [1.54, 1.807) is 16.7 Å². The first-order valence-corrected chi connectivity index (χ1v) is 9.76. The van der Waals surface area contributed by atoms with Gasteiger partial charge in [0.05, 0.1) is 16.7 Å². The second-order valence-electron chi connectivity index (χ2n) is 7.13. The number of anilines is 1. The number of fused-ring (bicyclic) bond motifs is 2. The van der Waals surface area contributed by atoms with Gasteiger partial charge in [-0.05, 0) is 35.9 Å². The first-order valence-electron chi connectivity index (χ1n) is 9.76. The Hall–Kier alpha value is -4.26. The number of carbonyl (C=O) groups excluding carboxylic acids is 1. The molecule has 5 aromatic rings. The summed E-state index contributed by atoms with van der Waals surface area (Å²) in [4.78, 5) is 22.5. The van der Waals surface area contributed by atoms with E-state index in [1.807, 2.05) is 54.6 Å². The smallest absolute Gasteiger partial charge is 0.257 e. The fourth-order valence-corrected chi connectivity index (χ4v) is 3.63. The third-order valence-corrected chi connectivity index (χ3v) is 5.09. The predicted octanol–water partition coefficient (Wildman–Crippen LogP) is 4.23. The van der Waals surface area contributed by atoms with Gasteiger partial charge in [0.2, 0.25) is 0 Å². The molecule has 152 valence electrons. The molecular formula is C24H18FN5O. The topological polar surface area (TPSA) is 85.8 Å². The lowest BCUT2D eigenvalue weighted by Gasteiger charge is -2.08. The number of benzene rings is 3. The molecule has 2 aromatic heterocycles. The van der Waals surface area contributed by atoms with E-state index in [2.05, 4.69) is 15.3 Å². The highest BCUT2D eigenvalue weighted by Gasteiger charge is 2.24. The van der Waals surface area contributed by atoms with E-state index in [0.717, 1.165) is 5.56 Å². The summed E-state index contributed by atoms with van der Waals surface area (Å²) in [5, 5.41) is 2.90. The first kappa shape index (κ1) is 18.7. The van der Waals surface area contributed by atoms with Crippen molar-refractivity contribution in [2.45, 2.75) is 6.54 Å². The Morgan fingerprint density at radius 1 is 0.935 bits per heavy atom. The Morgan fingerprint density at radius 2 is 1.65 bits per heavy atom. The number of rotatable bonds is 4. The van der Waals surface area contributed by atoms with E-state index in [1.165, 1.54) is 12.1 Å². The number of para-hydroxylation sites is 2. The molecule has 0 saturated heterocycles. The molecule has 3 aromatic carbocycles. The highest BCUT2D eigenvalue weighted by Crippen LogP contribution is 2.31. The highest BCUT2D eigenvalue weighted by molar-refractivity contribution is 6.11. The molecule has 5 rings (SSSR count). The third-order valence-electron chi connectivity index (χ3n) is 5.09. The molecule has 6 nitrogen and oxygen atoms in total. The van der Waals surface area contributed by atoms with Crippen LogP contribution in [0.3, 0.4) is 0 Å². The van der Waals surface area contributed by atoms with E-state index >= 15 is 0 Å². The summed E-state index contributed by atoms with van der Waals surface area (Å²) >= 11 is 0. The van der Waals surface area contributed by atoms with E-state index in [-0.39, 0.29) is 17.3 Å². The van der Waals surface area contributed by atoms with Gasteiger partial charge in [0.1, 0.15) is 22.7 Å². The van der Waals surface area contributed by atoms with Crippen molar-refractivity contribution in [1.29, 1.82) is 0 Å². The molecule has 0 spiro atoms. The fourth-order valence-electron chi connectivity index (χ4n) is 3.63. The molecular weight excluding hydrogens is 393 g/mol. The number of nitrogens with zero attached hydrogens (tertiary/aromatic N) is 3. The number of amides is 1.